The zero-order valence-corrected chi connectivity index (χ0v) is 12.3. The maximum atomic E-state index is 5.75. The van der Waals surface area contributed by atoms with Gasteiger partial charge in [0.25, 0.3) is 0 Å². The fourth-order valence-corrected chi connectivity index (χ4v) is 1.91. The highest BCUT2D eigenvalue weighted by molar-refractivity contribution is 5.68. The van der Waals surface area contributed by atoms with E-state index >= 15 is 0 Å². The van der Waals surface area contributed by atoms with Gasteiger partial charge < -0.3 is 9.47 Å². The predicted octanol–water partition coefficient (Wildman–Crippen LogP) is 4.18. The van der Waals surface area contributed by atoms with Crippen LogP contribution in [0.5, 0.6) is 11.5 Å². The van der Waals surface area contributed by atoms with E-state index in [9.17, 15) is 0 Å². The molecule has 0 radical (unpaired) electrons. The Morgan fingerprint density at radius 2 is 2.00 bits per heavy atom. The van der Waals surface area contributed by atoms with Gasteiger partial charge in [-0.25, -0.2) is 0 Å². The van der Waals surface area contributed by atoms with E-state index in [1.165, 1.54) is 0 Å². The Morgan fingerprint density at radius 3 is 2.65 bits per heavy atom. The lowest BCUT2D eigenvalue weighted by Gasteiger charge is -2.12. The second-order valence-corrected chi connectivity index (χ2v) is 5.11. The summed E-state index contributed by atoms with van der Waals surface area (Å²) in [6.45, 7) is 5.10. The first kappa shape index (κ1) is 14.4. The van der Waals surface area contributed by atoms with E-state index in [0.717, 1.165) is 35.8 Å². The second-order valence-electron chi connectivity index (χ2n) is 5.11. The monoisotopic (exact) mass is 271 g/mol. The van der Waals surface area contributed by atoms with Gasteiger partial charge in [-0.15, -0.1) is 0 Å². The third-order valence-corrected chi connectivity index (χ3v) is 3.08. The van der Waals surface area contributed by atoms with Crippen molar-refractivity contribution in [2.45, 2.75) is 20.3 Å². The summed E-state index contributed by atoms with van der Waals surface area (Å²) >= 11 is 0. The molecule has 2 rings (SSSR count). The molecule has 1 aromatic carbocycles. The lowest BCUT2D eigenvalue weighted by atomic mass is 10.1. The minimum absolute atomic E-state index is 0.643. The largest absolute Gasteiger partial charge is 0.496 e. The van der Waals surface area contributed by atoms with Crippen LogP contribution in [0, 0.1) is 5.92 Å². The quantitative estimate of drug-likeness (QED) is 0.789. The van der Waals surface area contributed by atoms with Crippen molar-refractivity contribution < 1.29 is 9.47 Å². The number of benzene rings is 1. The molecule has 0 bridgehead atoms. The first-order valence-corrected chi connectivity index (χ1v) is 6.93. The number of ether oxygens (including phenoxy) is 2. The average Bonchev–Trinajstić information content (AvgIpc) is 2.47. The normalized spacial score (nSPS) is 10.6. The lowest BCUT2D eigenvalue weighted by molar-refractivity contribution is 0.288. The molecular formula is C17H21NO2. The molecule has 0 fully saturated rings. The van der Waals surface area contributed by atoms with Crippen LogP contribution in [0.1, 0.15) is 20.3 Å². The van der Waals surface area contributed by atoms with E-state index in [2.05, 4.69) is 18.8 Å². The zero-order valence-electron chi connectivity index (χ0n) is 12.3. The molecule has 0 saturated carbocycles. The maximum Gasteiger partial charge on any atom is 0.131 e. The Kier molecular flexibility index (Phi) is 4.99. The van der Waals surface area contributed by atoms with Gasteiger partial charge in [-0.1, -0.05) is 19.9 Å². The Balaban J connectivity index is 2.16. The fraction of sp³-hybridized carbons (Fsp3) is 0.353. The van der Waals surface area contributed by atoms with Crippen molar-refractivity contribution in [2.24, 2.45) is 5.92 Å². The van der Waals surface area contributed by atoms with Crippen molar-refractivity contribution in [3.8, 4) is 22.8 Å². The number of rotatable bonds is 6. The zero-order chi connectivity index (χ0) is 14.4. The first-order valence-electron chi connectivity index (χ1n) is 6.93. The van der Waals surface area contributed by atoms with Gasteiger partial charge in [-0.2, -0.15) is 0 Å². The van der Waals surface area contributed by atoms with Crippen LogP contribution in [-0.2, 0) is 0 Å². The smallest absolute Gasteiger partial charge is 0.131 e. The maximum absolute atomic E-state index is 5.75. The number of hydrogen-bond donors (Lipinski definition) is 0. The Bertz CT molecular complexity index is 538. The van der Waals surface area contributed by atoms with Crippen molar-refractivity contribution >= 4 is 0 Å². The molecule has 1 aromatic heterocycles. The number of methoxy groups -OCH3 is 1. The molecule has 0 unspecified atom stereocenters. The molecule has 20 heavy (non-hydrogen) atoms. The first-order chi connectivity index (χ1) is 9.70. The van der Waals surface area contributed by atoms with Crippen molar-refractivity contribution in [3.63, 3.8) is 0 Å². The number of hydrogen-bond acceptors (Lipinski definition) is 3. The van der Waals surface area contributed by atoms with Crippen LogP contribution in [0.4, 0.5) is 0 Å². The summed E-state index contributed by atoms with van der Waals surface area (Å²) in [4.78, 5) is 4.35. The van der Waals surface area contributed by atoms with Crippen molar-refractivity contribution in [3.05, 3.63) is 42.6 Å². The molecule has 0 atom stereocenters. The molecule has 106 valence electrons. The molecule has 0 saturated heterocycles. The summed E-state index contributed by atoms with van der Waals surface area (Å²) in [6, 6.07) is 11.7. The number of aromatic nitrogens is 1. The molecular weight excluding hydrogens is 250 g/mol. The average molecular weight is 271 g/mol. The molecule has 0 amide bonds. The van der Waals surface area contributed by atoms with E-state index in [-0.39, 0.29) is 0 Å². The topological polar surface area (TPSA) is 31.4 Å². The Labute approximate surface area is 120 Å². The van der Waals surface area contributed by atoms with Crippen molar-refractivity contribution in [1.29, 1.82) is 0 Å². The Hall–Kier alpha value is -2.03. The van der Waals surface area contributed by atoms with Crippen LogP contribution in [0.15, 0.2) is 42.6 Å². The molecule has 3 nitrogen and oxygen atoms in total. The highest BCUT2D eigenvalue weighted by Crippen LogP contribution is 2.32. The highest BCUT2D eigenvalue weighted by Gasteiger charge is 2.08. The van der Waals surface area contributed by atoms with Gasteiger partial charge in [-0.05, 0) is 36.6 Å². The van der Waals surface area contributed by atoms with E-state index < -0.39 is 0 Å². The van der Waals surface area contributed by atoms with Crippen LogP contribution in [0.3, 0.4) is 0 Å². The Morgan fingerprint density at radius 1 is 1.15 bits per heavy atom. The van der Waals surface area contributed by atoms with Gasteiger partial charge in [0.15, 0.2) is 0 Å². The third-order valence-electron chi connectivity index (χ3n) is 3.08. The summed E-state index contributed by atoms with van der Waals surface area (Å²) in [5.74, 6) is 2.26. The minimum Gasteiger partial charge on any atom is -0.496 e. The van der Waals surface area contributed by atoms with Crippen LogP contribution < -0.4 is 9.47 Å². The molecule has 0 aliphatic heterocycles. The second kappa shape index (κ2) is 6.94. The van der Waals surface area contributed by atoms with E-state index in [0.29, 0.717) is 5.92 Å². The number of pyridine rings is 1. The van der Waals surface area contributed by atoms with Gasteiger partial charge in [0, 0.05) is 17.8 Å². The van der Waals surface area contributed by atoms with Crippen LogP contribution >= 0.6 is 0 Å². The van der Waals surface area contributed by atoms with E-state index in [1.807, 2.05) is 36.4 Å². The summed E-state index contributed by atoms with van der Waals surface area (Å²) < 4.78 is 11.2. The lowest BCUT2D eigenvalue weighted by Crippen LogP contribution is -2.01. The minimum atomic E-state index is 0.643. The highest BCUT2D eigenvalue weighted by atomic mass is 16.5. The van der Waals surface area contributed by atoms with Gasteiger partial charge >= 0.3 is 0 Å². The predicted molar refractivity (Wildman–Crippen MR) is 81.2 cm³/mol. The van der Waals surface area contributed by atoms with Gasteiger partial charge in [0.2, 0.25) is 0 Å². The molecule has 3 heteroatoms. The van der Waals surface area contributed by atoms with E-state index in [4.69, 9.17) is 9.47 Å². The van der Waals surface area contributed by atoms with Crippen LogP contribution in [-0.4, -0.2) is 18.7 Å². The van der Waals surface area contributed by atoms with Crippen molar-refractivity contribution in [2.75, 3.05) is 13.7 Å². The molecule has 0 aliphatic carbocycles. The summed E-state index contributed by atoms with van der Waals surface area (Å²) in [5.41, 5.74) is 1.88. The number of nitrogens with zero attached hydrogens (tertiary/aromatic N) is 1. The molecule has 0 spiro atoms. The molecule has 0 N–H and O–H groups in total. The molecule has 1 heterocycles. The summed E-state index contributed by atoms with van der Waals surface area (Å²) in [6.07, 6.45) is 2.83. The molecule has 0 aliphatic rings. The van der Waals surface area contributed by atoms with E-state index in [1.54, 1.807) is 13.3 Å². The van der Waals surface area contributed by atoms with Gasteiger partial charge in [0.1, 0.15) is 11.5 Å². The van der Waals surface area contributed by atoms with Crippen LogP contribution in [0.25, 0.3) is 11.3 Å². The summed E-state index contributed by atoms with van der Waals surface area (Å²) in [5, 5.41) is 0. The van der Waals surface area contributed by atoms with Crippen LogP contribution in [0.2, 0.25) is 0 Å². The van der Waals surface area contributed by atoms with Gasteiger partial charge in [0.05, 0.1) is 19.4 Å². The summed E-state index contributed by atoms with van der Waals surface area (Å²) in [7, 11) is 1.67. The van der Waals surface area contributed by atoms with Gasteiger partial charge in [-0.3, -0.25) is 4.98 Å². The fourth-order valence-electron chi connectivity index (χ4n) is 1.91. The van der Waals surface area contributed by atoms with Crippen molar-refractivity contribution in [1.82, 2.24) is 4.98 Å². The third kappa shape index (κ3) is 3.73. The SMILES string of the molecule is COc1cc(OCCC(C)C)ccc1-c1ccccn1. The standard InChI is InChI=1S/C17H21NO2/c1-13(2)9-11-20-14-7-8-15(17(12-14)19-3)16-6-4-5-10-18-16/h4-8,10,12-13H,9,11H2,1-3H3. The molecule has 2 aromatic rings.